The molecule has 5 heteroatoms. The van der Waals surface area contributed by atoms with E-state index >= 15 is 0 Å². The third-order valence-corrected chi connectivity index (χ3v) is 3.36. The molecule has 0 aliphatic carbocycles. The van der Waals surface area contributed by atoms with Crippen LogP contribution in [0.2, 0.25) is 0 Å². The van der Waals surface area contributed by atoms with Crippen LogP contribution in [0.1, 0.15) is 33.1 Å². The van der Waals surface area contributed by atoms with Crippen molar-refractivity contribution in [3.8, 4) is 0 Å². The second-order valence-electron chi connectivity index (χ2n) is 5.55. The summed E-state index contributed by atoms with van der Waals surface area (Å²) < 4.78 is 4.64. The van der Waals surface area contributed by atoms with Gasteiger partial charge >= 0.3 is 5.97 Å². The molecule has 1 amide bonds. The van der Waals surface area contributed by atoms with Crippen molar-refractivity contribution in [3.05, 3.63) is 0 Å². The molecule has 0 bridgehead atoms. The lowest BCUT2D eigenvalue weighted by molar-refractivity contribution is -0.142. The number of nitrogens with zero attached hydrogens (tertiary/aromatic N) is 1. The van der Waals surface area contributed by atoms with E-state index < -0.39 is 0 Å². The Morgan fingerprint density at radius 2 is 2.16 bits per heavy atom. The molecule has 1 atom stereocenters. The molecule has 19 heavy (non-hydrogen) atoms. The number of rotatable bonds is 6. The van der Waals surface area contributed by atoms with E-state index in [1.165, 1.54) is 7.11 Å². The predicted molar refractivity (Wildman–Crippen MR) is 73.6 cm³/mol. The van der Waals surface area contributed by atoms with Crippen molar-refractivity contribution in [2.24, 2.45) is 11.8 Å². The molecule has 0 aromatic carbocycles. The highest BCUT2D eigenvalue weighted by Gasteiger charge is 2.26. The summed E-state index contributed by atoms with van der Waals surface area (Å²) in [6.07, 6.45) is 2.26. The first-order valence-electron chi connectivity index (χ1n) is 7.11. The van der Waals surface area contributed by atoms with Crippen molar-refractivity contribution >= 4 is 11.9 Å². The number of hydrogen-bond acceptors (Lipinski definition) is 4. The van der Waals surface area contributed by atoms with Crippen molar-refractivity contribution in [2.75, 3.05) is 33.3 Å². The minimum atomic E-state index is -0.261. The highest BCUT2D eigenvalue weighted by atomic mass is 16.5. The highest BCUT2D eigenvalue weighted by Crippen LogP contribution is 2.15. The zero-order chi connectivity index (χ0) is 14.3. The number of nitrogens with one attached hydrogen (secondary N) is 1. The third kappa shape index (κ3) is 5.59. The molecule has 0 aromatic rings. The average Bonchev–Trinajstić information content (AvgIpc) is 2.42. The number of carbonyl (C=O) groups excluding carboxylic acids is 2. The quantitative estimate of drug-likeness (QED) is 0.733. The summed E-state index contributed by atoms with van der Waals surface area (Å²) in [6.45, 7) is 7.07. The summed E-state index contributed by atoms with van der Waals surface area (Å²) in [7, 11) is 1.38. The van der Waals surface area contributed by atoms with Gasteiger partial charge in [0, 0.05) is 19.6 Å². The van der Waals surface area contributed by atoms with Crippen molar-refractivity contribution in [2.45, 2.75) is 33.1 Å². The number of piperidine rings is 1. The van der Waals surface area contributed by atoms with Crippen LogP contribution in [-0.4, -0.2) is 50.1 Å². The van der Waals surface area contributed by atoms with Crippen LogP contribution in [0.15, 0.2) is 0 Å². The predicted octanol–water partition coefficient (Wildman–Crippen LogP) is 1.03. The van der Waals surface area contributed by atoms with Crippen LogP contribution in [0.5, 0.6) is 0 Å². The molecule has 0 saturated carbocycles. The summed E-state index contributed by atoms with van der Waals surface area (Å²) in [5.41, 5.74) is 0. The van der Waals surface area contributed by atoms with E-state index in [0.29, 0.717) is 19.0 Å². The number of ether oxygens (including phenoxy) is 1. The van der Waals surface area contributed by atoms with Crippen molar-refractivity contribution in [3.63, 3.8) is 0 Å². The van der Waals surface area contributed by atoms with Gasteiger partial charge in [0.25, 0.3) is 0 Å². The lowest BCUT2D eigenvalue weighted by Gasteiger charge is -2.30. The van der Waals surface area contributed by atoms with Gasteiger partial charge in [-0.2, -0.15) is 0 Å². The van der Waals surface area contributed by atoms with E-state index in [4.69, 9.17) is 0 Å². The second kappa shape index (κ2) is 8.15. The fourth-order valence-electron chi connectivity index (χ4n) is 2.38. The minimum absolute atomic E-state index is 0.0603. The Morgan fingerprint density at radius 1 is 1.42 bits per heavy atom. The molecule has 110 valence electrons. The van der Waals surface area contributed by atoms with Crippen molar-refractivity contribution in [1.82, 2.24) is 10.2 Å². The summed E-state index contributed by atoms with van der Waals surface area (Å²) in [5, 5.41) is 3.26. The molecule has 1 N–H and O–H groups in total. The van der Waals surface area contributed by atoms with Gasteiger partial charge < -0.3 is 15.0 Å². The SMILES string of the molecule is COC(=O)CCN(CC(C)C)C(=O)C1CCCNC1. The Kier molecular flexibility index (Phi) is 6.84. The zero-order valence-corrected chi connectivity index (χ0v) is 12.3. The number of amides is 1. The molecule has 1 saturated heterocycles. The van der Waals surface area contributed by atoms with E-state index in [2.05, 4.69) is 23.9 Å². The van der Waals surface area contributed by atoms with Gasteiger partial charge in [0.1, 0.15) is 0 Å². The lowest BCUT2D eigenvalue weighted by Crippen LogP contribution is -2.45. The summed E-state index contributed by atoms with van der Waals surface area (Å²) >= 11 is 0. The Labute approximate surface area is 115 Å². The van der Waals surface area contributed by atoms with Crippen LogP contribution >= 0.6 is 0 Å². The Bertz CT molecular complexity index is 299. The molecule has 1 aliphatic heterocycles. The van der Waals surface area contributed by atoms with E-state index in [1.54, 1.807) is 0 Å². The molecule has 1 heterocycles. The van der Waals surface area contributed by atoms with Crippen LogP contribution in [0, 0.1) is 11.8 Å². The highest BCUT2D eigenvalue weighted by molar-refractivity contribution is 5.80. The smallest absolute Gasteiger partial charge is 0.307 e. The van der Waals surface area contributed by atoms with Gasteiger partial charge in [0.05, 0.1) is 19.4 Å². The van der Waals surface area contributed by atoms with Gasteiger partial charge in [-0.25, -0.2) is 0 Å². The van der Waals surface area contributed by atoms with Gasteiger partial charge in [-0.1, -0.05) is 13.8 Å². The van der Waals surface area contributed by atoms with Crippen LogP contribution in [0.25, 0.3) is 0 Å². The maximum atomic E-state index is 12.5. The van der Waals surface area contributed by atoms with Gasteiger partial charge in [-0.3, -0.25) is 9.59 Å². The maximum absolute atomic E-state index is 12.5. The largest absolute Gasteiger partial charge is 0.469 e. The standard InChI is InChI=1S/C14H26N2O3/c1-11(2)10-16(8-6-13(17)19-3)14(18)12-5-4-7-15-9-12/h11-12,15H,4-10H2,1-3H3. The Hall–Kier alpha value is -1.10. The number of esters is 1. The van der Waals surface area contributed by atoms with Crippen LogP contribution in [0.4, 0.5) is 0 Å². The fourth-order valence-corrected chi connectivity index (χ4v) is 2.38. The minimum Gasteiger partial charge on any atom is -0.469 e. The van der Waals surface area contributed by atoms with Gasteiger partial charge in [-0.15, -0.1) is 0 Å². The normalized spacial score (nSPS) is 19.3. The van der Waals surface area contributed by atoms with Crippen LogP contribution < -0.4 is 5.32 Å². The molecule has 1 aliphatic rings. The topological polar surface area (TPSA) is 58.6 Å². The Balaban J connectivity index is 2.55. The molecule has 1 fully saturated rings. The molecule has 0 radical (unpaired) electrons. The first kappa shape index (κ1) is 16.0. The summed E-state index contributed by atoms with van der Waals surface area (Å²) in [5.74, 6) is 0.372. The van der Waals surface area contributed by atoms with Gasteiger partial charge in [-0.05, 0) is 25.3 Å². The molecule has 0 aromatic heterocycles. The van der Waals surface area contributed by atoms with E-state index in [0.717, 1.165) is 25.9 Å². The van der Waals surface area contributed by atoms with E-state index in [1.807, 2.05) is 4.90 Å². The molecule has 5 nitrogen and oxygen atoms in total. The molecule has 1 rings (SSSR count). The van der Waals surface area contributed by atoms with Crippen LogP contribution in [0.3, 0.4) is 0 Å². The second-order valence-corrected chi connectivity index (χ2v) is 5.55. The lowest BCUT2D eigenvalue weighted by atomic mass is 9.97. The molecule has 0 spiro atoms. The van der Waals surface area contributed by atoms with Crippen LogP contribution in [-0.2, 0) is 14.3 Å². The first-order valence-corrected chi connectivity index (χ1v) is 7.11. The monoisotopic (exact) mass is 270 g/mol. The Morgan fingerprint density at radius 3 is 2.68 bits per heavy atom. The average molecular weight is 270 g/mol. The van der Waals surface area contributed by atoms with Crippen molar-refractivity contribution < 1.29 is 14.3 Å². The van der Waals surface area contributed by atoms with Gasteiger partial charge in [0.2, 0.25) is 5.91 Å². The summed E-state index contributed by atoms with van der Waals surface area (Å²) in [6, 6.07) is 0. The van der Waals surface area contributed by atoms with Crippen molar-refractivity contribution in [1.29, 1.82) is 0 Å². The van der Waals surface area contributed by atoms with E-state index in [9.17, 15) is 9.59 Å². The third-order valence-electron chi connectivity index (χ3n) is 3.36. The van der Waals surface area contributed by atoms with Gasteiger partial charge in [0.15, 0.2) is 0 Å². The summed E-state index contributed by atoms with van der Waals surface area (Å²) in [4.78, 5) is 25.5. The number of hydrogen-bond donors (Lipinski definition) is 1. The number of methoxy groups -OCH3 is 1. The molecular formula is C14H26N2O3. The van der Waals surface area contributed by atoms with E-state index in [-0.39, 0.29) is 24.2 Å². The molecule has 1 unspecified atom stereocenters. The fraction of sp³-hybridized carbons (Fsp3) is 0.857. The zero-order valence-electron chi connectivity index (χ0n) is 12.3. The molecular weight excluding hydrogens is 244 g/mol. The number of carbonyl (C=O) groups is 2. The first-order chi connectivity index (χ1) is 9.04. The maximum Gasteiger partial charge on any atom is 0.307 e.